The van der Waals surface area contributed by atoms with E-state index in [0.717, 1.165) is 21.2 Å². The number of carbonyl (C=O) groups is 1. The van der Waals surface area contributed by atoms with E-state index in [0.29, 0.717) is 30.2 Å². The Labute approximate surface area is 185 Å². The molecule has 0 spiro atoms. The summed E-state index contributed by atoms with van der Waals surface area (Å²) in [5.74, 6) is 3.60. The lowest BCUT2D eigenvalue weighted by molar-refractivity contribution is 0.252. The smallest absolute Gasteiger partial charge is 0.339 e. The lowest BCUT2D eigenvalue weighted by Gasteiger charge is -2.15. The van der Waals surface area contributed by atoms with Crippen LogP contribution in [0.3, 0.4) is 0 Å². The summed E-state index contributed by atoms with van der Waals surface area (Å²) in [4.78, 5) is 12.1. The molecule has 0 saturated heterocycles. The molecule has 0 fully saturated rings. The second-order valence-electron chi connectivity index (χ2n) is 6.21. The third-order valence-electron chi connectivity index (χ3n) is 3.91. The van der Waals surface area contributed by atoms with Crippen LogP contribution in [0.1, 0.15) is 23.6 Å². The van der Waals surface area contributed by atoms with E-state index in [1.165, 1.54) is 6.21 Å². The van der Waals surface area contributed by atoms with Gasteiger partial charge in [0.15, 0.2) is 11.5 Å². The molecule has 0 aliphatic heterocycles. The van der Waals surface area contributed by atoms with Crippen LogP contribution in [0.5, 0.6) is 11.5 Å². The number of hydrogen-bond donors (Lipinski definition) is 2. The summed E-state index contributed by atoms with van der Waals surface area (Å²) >= 11 is 3.43. The molecule has 2 aromatic rings. The van der Waals surface area contributed by atoms with Crippen molar-refractivity contribution in [2.24, 2.45) is 5.10 Å². The molecule has 0 bridgehead atoms. The number of amides is 2. The Bertz CT molecular complexity index is 980. The predicted octanol–water partition coefficient (Wildman–Crippen LogP) is 5.05. The predicted molar refractivity (Wildman–Crippen MR) is 124 cm³/mol. The van der Waals surface area contributed by atoms with Gasteiger partial charge in [-0.15, -0.1) is 13.0 Å². The molecule has 2 N–H and O–H groups in total. The number of nitrogens with zero attached hydrogens (tertiary/aromatic N) is 1. The Balaban J connectivity index is 2.14. The Morgan fingerprint density at radius 2 is 2.13 bits per heavy atom. The molecule has 30 heavy (non-hydrogen) atoms. The van der Waals surface area contributed by atoms with Crippen molar-refractivity contribution in [2.75, 3.05) is 18.5 Å². The number of terminal acetylenes is 1. The van der Waals surface area contributed by atoms with Crippen LogP contribution >= 0.6 is 15.9 Å². The SMILES string of the molecule is C#CCOc1c(CC=C)cc(/C=N/NC(=O)Nc2ccc(Br)c(C)c2)cc1OCC. The fourth-order valence-corrected chi connectivity index (χ4v) is 2.90. The number of allylic oxidation sites excluding steroid dienone is 1. The Kier molecular flexibility index (Phi) is 8.98. The first-order valence-electron chi connectivity index (χ1n) is 9.31. The highest BCUT2D eigenvalue weighted by Crippen LogP contribution is 2.33. The summed E-state index contributed by atoms with van der Waals surface area (Å²) < 4.78 is 12.3. The maximum Gasteiger partial charge on any atom is 0.339 e. The van der Waals surface area contributed by atoms with Crippen molar-refractivity contribution >= 4 is 33.9 Å². The van der Waals surface area contributed by atoms with Crippen LogP contribution in [0.4, 0.5) is 10.5 Å². The van der Waals surface area contributed by atoms with E-state index in [9.17, 15) is 4.79 Å². The van der Waals surface area contributed by atoms with Crippen LogP contribution in [0.15, 0.2) is 52.6 Å². The zero-order chi connectivity index (χ0) is 21.9. The molecule has 0 aliphatic carbocycles. The molecule has 0 aliphatic rings. The molecule has 0 heterocycles. The Hall–Kier alpha value is -3.24. The largest absolute Gasteiger partial charge is 0.490 e. The first-order valence-corrected chi connectivity index (χ1v) is 10.1. The van der Waals surface area contributed by atoms with Crippen molar-refractivity contribution in [1.82, 2.24) is 5.43 Å². The highest BCUT2D eigenvalue weighted by Gasteiger charge is 2.12. The number of urea groups is 1. The highest BCUT2D eigenvalue weighted by atomic mass is 79.9. The quantitative estimate of drug-likeness (QED) is 0.233. The Morgan fingerprint density at radius 3 is 2.80 bits per heavy atom. The first-order chi connectivity index (χ1) is 14.5. The van der Waals surface area contributed by atoms with Gasteiger partial charge in [0.1, 0.15) is 6.61 Å². The zero-order valence-corrected chi connectivity index (χ0v) is 18.6. The fourth-order valence-electron chi connectivity index (χ4n) is 2.65. The van der Waals surface area contributed by atoms with E-state index >= 15 is 0 Å². The van der Waals surface area contributed by atoms with Gasteiger partial charge in [0.05, 0.1) is 12.8 Å². The van der Waals surface area contributed by atoms with Crippen LogP contribution in [0, 0.1) is 19.3 Å². The minimum absolute atomic E-state index is 0.134. The average Bonchev–Trinajstić information content (AvgIpc) is 2.71. The van der Waals surface area contributed by atoms with Crippen molar-refractivity contribution in [3.8, 4) is 23.8 Å². The van der Waals surface area contributed by atoms with E-state index in [2.05, 4.69) is 44.3 Å². The molecule has 0 unspecified atom stereocenters. The van der Waals surface area contributed by atoms with Gasteiger partial charge in [-0.3, -0.25) is 0 Å². The second-order valence-corrected chi connectivity index (χ2v) is 7.07. The third-order valence-corrected chi connectivity index (χ3v) is 4.80. The highest BCUT2D eigenvalue weighted by molar-refractivity contribution is 9.10. The molecule has 7 heteroatoms. The Morgan fingerprint density at radius 1 is 1.33 bits per heavy atom. The van der Waals surface area contributed by atoms with Crippen molar-refractivity contribution in [1.29, 1.82) is 0 Å². The molecular weight excluding hydrogens is 446 g/mol. The number of hydrogen-bond acceptors (Lipinski definition) is 4. The van der Waals surface area contributed by atoms with E-state index < -0.39 is 6.03 Å². The maximum atomic E-state index is 12.1. The molecule has 6 nitrogen and oxygen atoms in total. The summed E-state index contributed by atoms with van der Waals surface area (Å²) in [5, 5.41) is 6.75. The van der Waals surface area contributed by atoms with Gasteiger partial charge in [0, 0.05) is 15.7 Å². The molecule has 0 aromatic heterocycles. The molecule has 2 amide bonds. The molecule has 0 radical (unpaired) electrons. The maximum absolute atomic E-state index is 12.1. The van der Waals surface area contributed by atoms with Crippen LogP contribution in [0.2, 0.25) is 0 Å². The summed E-state index contributed by atoms with van der Waals surface area (Å²) in [7, 11) is 0. The van der Waals surface area contributed by atoms with Gasteiger partial charge in [-0.25, -0.2) is 10.2 Å². The van der Waals surface area contributed by atoms with E-state index in [1.54, 1.807) is 18.2 Å². The van der Waals surface area contributed by atoms with Gasteiger partial charge in [-0.05, 0) is 61.7 Å². The van der Waals surface area contributed by atoms with Crippen molar-refractivity contribution in [2.45, 2.75) is 20.3 Å². The number of hydrazone groups is 1. The number of ether oxygens (including phenoxy) is 2. The van der Waals surface area contributed by atoms with Crippen LogP contribution < -0.4 is 20.2 Å². The normalized spacial score (nSPS) is 10.3. The minimum atomic E-state index is -0.446. The van der Waals surface area contributed by atoms with Crippen molar-refractivity contribution in [3.63, 3.8) is 0 Å². The lowest BCUT2D eigenvalue weighted by Crippen LogP contribution is -2.24. The fraction of sp³-hybridized carbons (Fsp3) is 0.217. The number of nitrogens with one attached hydrogen (secondary N) is 2. The summed E-state index contributed by atoms with van der Waals surface area (Å²) in [6, 6.07) is 8.75. The third kappa shape index (κ3) is 6.68. The lowest BCUT2D eigenvalue weighted by atomic mass is 10.1. The monoisotopic (exact) mass is 469 g/mol. The van der Waals surface area contributed by atoms with Crippen molar-refractivity contribution < 1.29 is 14.3 Å². The molecule has 0 atom stereocenters. The first kappa shape index (κ1) is 23.0. The number of aryl methyl sites for hydroxylation is 1. The van der Waals surface area contributed by atoms with Gasteiger partial charge in [0.25, 0.3) is 0 Å². The van der Waals surface area contributed by atoms with Gasteiger partial charge in [-0.2, -0.15) is 5.10 Å². The minimum Gasteiger partial charge on any atom is -0.490 e. The van der Waals surface area contributed by atoms with Gasteiger partial charge in [-0.1, -0.05) is 27.9 Å². The van der Waals surface area contributed by atoms with Crippen LogP contribution in [-0.2, 0) is 6.42 Å². The number of anilines is 1. The molecule has 2 rings (SSSR count). The molecule has 156 valence electrons. The molecule has 0 saturated carbocycles. The number of halogens is 1. The van der Waals surface area contributed by atoms with E-state index in [4.69, 9.17) is 15.9 Å². The molecule has 2 aromatic carbocycles. The second kappa shape index (κ2) is 11.7. The topological polar surface area (TPSA) is 72.0 Å². The van der Waals surface area contributed by atoms with Gasteiger partial charge < -0.3 is 14.8 Å². The van der Waals surface area contributed by atoms with Crippen molar-refractivity contribution in [3.05, 3.63) is 64.1 Å². The summed E-state index contributed by atoms with van der Waals surface area (Å²) in [5.41, 5.74) is 5.74. The van der Waals surface area contributed by atoms with Gasteiger partial charge in [0.2, 0.25) is 0 Å². The number of rotatable bonds is 9. The number of carbonyl (C=O) groups excluding carboxylic acids is 1. The van der Waals surface area contributed by atoms with E-state index in [-0.39, 0.29) is 6.61 Å². The van der Waals surface area contributed by atoms with Crippen LogP contribution in [0.25, 0.3) is 0 Å². The van der Waals surface area contributed by atoms with E-state index in [1.807, 2.05) is 32.0 Å². The zero-order valence-electron chi connectivity index (χ0n) is 17.0. The number of benzene rings is 2. The van der Waals surface area contributed by atoms with Gasteiger partial charge >= 0.3 is 6.03 Å². The van der Waals surface area contributed by atoms with Crippen LogP contribution in [-0.4, -0.2) is 25.5 Å². The summed E-state index contributed by atoms with van der Waals surface area (Å²) in [6.45, 7) is 8.21. The summed E-state index contributed by atoms with van der Waals surface area (Å²) in [6.07, 6.45) is 9.18. The average molecular weight is 470 g/mol. The standard InChI is InChI=1S/C23H24BrN3O3/c1-5-8-18-13-17(14-21(29-7-3)22(18)30-11-6-2)15-25-27-23(28)26-19-9-10-20(24)16(4)12-19/h2,5,9-10,12-15H,1,7-8,11H2,3-4H3,(H2,26,27,28)/b25-15+. The molecular formula is C23H24BrN3O3.